The van der Waals surface area contributed by atoms with E-state index in [1.807, 2.05) is 12.1 Å². The van der Waals surface area contributed by atoms with Gasteiger partial charge in [-0.25, -0.2) is 4.98 Å². The maximum absolute atomic E-state index is 9.72. The van der Waals surface area contributed by atoms with Gasteiger partial charge < -0.3 is 10.0 Å². The average Bonchev–Trinajstić information content (AvgIpc) is 2.30. The lowest BCUT2D eigenvalue weighted by Crippen LogP contribution is -2.34. The second-order valence-corrected chi connectivity index (χ2v) is 4.76. The fraction of sp³-hybridized carbons (Fsp3) is 0.615. The Morgan fingerprint density at radius 2 is 2.12 bits per heavy atom. The van der Waals surface area contributed by atoms with Crippen LogP contribution in [0.1, 0.15) is 38.4 Å². The Hall–Kier alpha value is -1.09. The standard InChI is InChI=1S/C13H20N2O/c1-10-5-8-15(9-6-10)13-12(11(2)16)4-3-7-14-13/h3-4,7,10-11,16H,5-6,8-9H2,1-2H3/t11-/m0/s1. The van der Waals surface area contributed by atoms with Gasteiger partial charge in [0.05, 0.1) is 6.10 Å². The first-order valence-corrected chi connectivity index (χ1v) is 6.06. The molecular formula is C13H20N2O. The fourth-order valence-electron chi connectivity index (χ4n) is 2.22. The van der Waals surface area contributed by atoms with Gasteiger partial charge in [-0.3, -0.25) is 0 Å². The molecule has 1 aromatic heterocycles. The molecule has 0 unspecified atom stereocenters. The molecule has 3 heteroatoms. The Balaban J connectivity index is 2.19. The van der Waals surface area contributed by atoms with E-state index < -0.39 is 6.10 Å². The van der Waals surface area contributed by atoms with Gasteiger partial charge in [0.2, 0.25) is 0 Å². The van der Waals surface area contributed by atoms with Crippen LogP contribution < -0.4 is 4.90 Å². The average molecular weight is 220 g/mol. The minimum absolute atomic E-state index is 0.442. The van der Waals surface area contributed by atoms with Crippen LogP contribution in [0.4, 0.5) is 5.82 Å². The summed E-state index contributed by atoms with van der Waals surface area (Å²) in [6, 6.07) is 3.85. The third-order valence-corrected chi connectivity index (χ3v) is 3.35. The van der Waals surface area contributed by atoms with Crippen molar-refractivity contribution >= 4 is 5.82 Å². The molecule has 0 bridgehead atoms. The summed E-state index contributed by atoms with van der Waals surface area (Å²) in [6.45, 7) is 6.20. The van der Waals surface area contributed by atoms with Crippen molar-refractivity contribution in [1.82, 2.24) is 4.98 Å². The predicted octanol–water partition coefficient (Wildman–Crippen LogP) is 2.37. The van der Waals surface area contributed by atoms with Crippen LogP contribution in [0.15, 0.2) is 18.3 Å². The molecule has 0 amide bonds. The van der Waals surface area contributed by atoms with Crippen molar-refractivity contribution < 1.29 is 5.11 Å². The number of rotatable bonds is 2. The van der Waals surface area contributed by atoms with Crippen LogP contribution in [0, 0.1) is 5.92 Å². The number of aliphatic hydroxyl groups excluding tert-OH is 1. The molecule has 0 saturated carbocycles. The van der Waals surface area contributed by atoms with Crippen molar-refractivity contribution in [3.8, 4) is 0 Å². The monoisotopic (exact) mass is 220 g/mol. The van der Waals surface area contributed by atoms with E-state index in [1.54, 1.807) is 13.1 Å². The molecular weight excluding hydrogens is 200 g/mol. The first kappa shape index (κ1) is 11.4. The van der Waals surface area contributed by atoms with E-state index in [9.17, 15) is 5.11 Å². The Labute approximate surface area is 97.1 Å². The van der Waals surface area contributed by atoms with E-state index in [0.717, 1.165) is 30.4 Å². The van der Waals surface area contributed by atoms with Gasteiger partial charge in [0, 0.05) is 24.8 Å². The van der Waals surface area contributed by atoms with Crippen molar-refractivity contribution in [2.45, 2.75) is 32.8 Å². The van der Waals surface area contributed by atoms with Crippen molar-refractivity contribution in [3.05, 3.63) is 23.9 Å². The van der Waals surface area contributed by atoms with E-state index in [-0.39, 0.29) is 0 Å². The van der Waals surface area contributed by atoms with E-state index in [4.69, 9.17) is 0 Å². The van der Waals surface area contributed by atoms with E-state index in [2.05, 4.69) is 16.8 Å². The first-order valence-electron chi connectivity index (χ1n) is 6.06. The van der Waals surface area contributed by atoms with Crippen LogP contribution in [0.2, 0.25) is 0 Å². The number of hydrogen-bond donors (Lipinski definition) is 1. The summed E-state index contributed by atoms with van der Waals surface area (Å²) in [5.41, 5.74) is 0.942. The summed E-state index contributed by atoms with van der Waals surface area (Å²) in [7, 11) is 0. The number of hydrogen-bond acceptors (Lipinski definition) is 3. The van der Waals surface area contributed by atoms with Gasteiger partial charge in [0.25, 0.3) is 0 Å². The summed E-state index contributed by atoms with van der Waals surface area (Å²) >= 11 is 0. The van der Waals surface area contributed by atoms with Crippen molar-refractivity contribution in [2.75, 3.05) is 18.0 Å². The van der Waals surface area contributed by atoms with Crippen molar-refractivity contribution in [1.29, 1.82) is 0 Å². The second kappa shape index (κ2) is 4.83. The molecule has 1 N–H and O–H groups in total. The smallest absolute Gasteiger partial charge is 0.134 e. The molecule has 16 heavy (non-hydrogen) atoms. The van der Waals surface area contributed by atoms with Gasteiger partial charge in [0.1, 0.15) is 5.82 Å². The molecule has 1 aliphatic rings. The zero-order valence-electron chi connectivity index (χ0n) is 10.1. The normalized spacial score (nSPS) is 19.8. The van der Waals surface area contributed by atoms with Gasteiger partial charge >= 0.3 is 0 Å². The summed E-state index contributed by atoms with van der Waals surface area (Å²) in [6.07, 6.45) is 3.80. The van der Waals surface area contributed by atoms with E-state index >= 15 is 0 Å². The molecule has 1 aromatic rings. The van der Waals surface area contributed by atoms with Gasteiger partial charge in [-0.15, -0.1) is 0 Å². The molecule has 1 aliphatic heterocycles. The number of aromatic nitrogens is 1. The minimum atomic E-state index is -0.442. The minimum Gasteiger partial charge on any atom is -0.389 e. The van der Waals surface area contributed by atoms with Crippen LogP contribution >= 0.6 is 0 Å². The lowest BCUT2D eigenvalue weighted by atomic mass is 9.98. The molecule has 1 atom stereocenters. The number of anilines is 1. The number of nitrogens with zero attached hydrogens (tertiary/aromatic N) is 2. The van der Waals surface area contributed by atoms with Crippen LogP contribution in [0.5, 0.6) is 0 Å². The van der Waals surface area contributed by atoms with Crippen LogP contribution in [0.3, 0.4) is 0 Å². The maximum Gasteiger partial charge on any atom is 0.134 e. The number of pyridine rings is 1. The lowest BCUT2D eigenvalue weighted by Gasteiger charge is -2.32. The summed E-state index contributed by atoms with van der Waals surface area (Å²) in [5, 5.41) is 9.72. The molecule has 0 radical (unpaired) electrons. The molecule has 88 valence electrons. The Morgan fingerprint density at radius 1 is 1.44 bits per heavy atom. The zero-order valence-corrected chi connectivity index (χ0v) is 10.1. The van der Waals surface area contributed by atoms with E-state index in [1.165, 1.54) is 12.8 Å². The fourth-order valence-corrected chi connectivity index (χ4v) is 2.22. The Kier molecular flexibility index (Phi) is 3.44. The van der Waals surface area contributed by atoms with E-state index in [0.29, 0.717) is 0 Å². The highest BCUT2D eigenvalue weighted by molar-refractivity contribution is 5.48. The second-order valence-electron chi connectivity index (χ2n) is 4.76. The third kappa shape index (κ3) is 2.35. The quantitative estimate of drug-likeness (QED) is 0.831. The summed E-state index contributed by atoms with van der Waals surface area (Å²) < 4.78 is 0. The largest absolute Gasteiger partial charge is 0.389 e. The van der Waals surface area contributed by atoms with Crippen molar-refractivity contribution in [2.24, 2.45) is 5.92 Å². The topological polar surface area (TPSA) is 36.4 Å². The summed E-state index contributed by atoms with van der Waals surface area (Å²) in [4.78, 5) is 6.71. The van der Waals surface area contributed by atoms with Crippen LogP contribution in [0.25, 0.3) is 0 Å². The molecule has 1 saturated heterocycles. The predicted molar refractivity (Wildman–Crippen MR) is 65.5 cm³/mol. The highest BCUT2D eigenvalue weighted by Gasteiger charge is 2.20. The lowest BCUT2D eigenvalue weighted by molar-refractivity contribution is 0.199. The number of piperidine rings is 1. The highest BCUT2D eigenvalue weighted by atomic mass is 16.3. The molecule has 3 nitrogen and oxygen atoms in total. The Bertz CT molecular complexity index is 344. The molecule has 2 heterocycles. The van der Waals surface area contributed by atoms with Gasteiger partial charge in [-0.2, -0.15) is 0 Å². The van der Waals surface area contributed by atoms with Crippen molar-refractivity contribution in [3.63, 3.8) is 0 Å². The molecule has 0 aromatic carbocycles. The SMILES string of the molecule is CC1CCN(c2ncccc2[C@H](C)O)CC1. The third-order valence-electron chi connectivity index (χ3n) is 3.35. The zero-order chi connectivity index (χ0) is 11.5. The maximum atomic E-state index is 9.72. The number of aliphatic hydroxyl groups is 1. The molecule has 0 spiro atoms. The first-order chi connectivity index (χ1) is 7.68. The van der Waals surface area contributed by atoms with Crippen LogP contribution in [-0.2, 0) is 0 Å². The van der Waals surface area contributed by atoms with Crippen LogP contribution in [-0.4, -0.2) is 23.2 Å². The van der Waals surface area contributed by atoms with Gasteiger partial charge in [-0.1, -0.05) is 13.0 Å². The van der Waals surface area contributed by atoms with Gasteiger partial charge in [-0.05, 0) is 31.7 Å². The molecule has 2 rings (SSSR count). The Morgan fingerprint density at radius 3 is 2.75 bits per heavy atom. The highest BCUT2D eigenvalue weighted by Crippen LogP contribution is 2.27. The van der Waals surface area contributed by atoms with Gasteiger partial charge in [0.15, 0.2) is 0 Å². The molecule has 1 fully saturated rings. The molecule has 0 aliphatic carbocycles. The summed E-state index contributed by atoms with van der Waals surface area (Å²) in [5.74, 6) is 1.78.